The summed E-state index contributed by atoms with van der Waals surface area (Å²) in [5.41, 5.74) is 2.98. The lowest BCUT2D eigenvalue weighted by Crippen LogP contribution is -3.13. The van der Waals surface area contributed by atoms with Crippen molar-refractivity contribution < 1.29 is 19.4 Å². The van der Waals surface area contributed by atoms with Crippen molar-refractivity contribution in [3.8, 4) is 0 Å². The molecule has 0 spiro atoms. The zero-order chi connectivity index (χ0) is 21.5. The molecule has 3 aromatic rings. The standard InChI is InChI=1S/C26H28FN3O/c27-22-11-13-23(14-12-22)29-26(31)25(21-9-5-2-6-10-21)28-24-15-17-30(18-16-24)19-20-7-3-1-4-8-20/h1-14,24-25,28H,15-19H2,(H,29,31)/p+2/t25-/m0/s1. The van der Waals surface area contributed by atoms with E-state index in [-0.39, 0.29) is 17.8 Å². The molecular weight excluding hydrogens is 389 g/mol. The maximum Gasteiger partial charge on any atom is 0.287 e. The molecule has 4 N–H and O–H groups in total. The van der Waals surface area contributed by atoms with Crippen LogP contribution in [0.3, 0.4) is 0 Å². The zero-order valence-corrected chi connectivity index (χ0v) is 17.6. The average molecular weight is 420 g/mol. The number of piperidine rings is 1. The monoisotopic (exact) mass is 419 g/mol. The van der Waals surface area contributed by atoms with Gasteiger partial charge in [-0.2, -0.15) is 0 Å². The number of amides is 1. The van der Waals surface area contributed by atoms with Crippen LogP contribution in [0.15, 0.2) is 84.9 Å². The SMILES string of the molecule is O=C(Nc1ccc(F)cc1)[C@@H]([NH2+]C1CC[NH+](Cc2ccccc2)CC1)c1ccccc1. The number of benzene rings is 3. The Kier molecular flexibility index (Phi) is 7.07. The summed E-state index contributed by atoms with van der Waals surface area (Å²) in [5.74, 6) is -0.384. The molecule has 0 aliphatic carbocycles. The van der Waals surface area contributed by atoms with E-state index in [0.717, 1.165) is 38.0 Å². The fraction of sp³-hybridized carbons (Fsp3) is 0.269. The first-order valence-corrected chi connectivity index (χ1v) is 11.0. The summed E-state index contributed by atoms with van der Waals surface area (Å²) in [4.78, 5) is 14.7. The summed E-state index contributed by atoms with van der Waals surface area (Å²) in [6.07, 6.45) is 2.16. The number of hydrogen-bond donors (Lipinski definition) is 3. The Labute approximate surface area is 183 Å². The van der Waals surface area contributed by atoms with E-state index in [1.165, 1.54) is 17.7 Å². The van der Waals surface area contributed by atoms with E-state index >= 15 is 0 Å². The highest BCUT2D eigenvalue weighted by Crippen LogP contribution is 2.14. The first-order valence-electron chi connectivity index (χ1n) is 11.0. The van der Waals surface area contributed by atoms with Gasteiger partial charge in [0.15, 0.2) is 6.04 Å². The topological polar surface area (TPSA) is 50.1 Å². The van der Waals surface area contributed by atoms with Crippen molar-refractivity contribution in [2.24, 2.45) is 0 Å². The Morgan fingerprint density at radius 2 is 1.55 bits per heavy atom. The summed E-state index contributed by atoms with van der Waals surface area (Å²) < 4.78 is 13.2. The van der Waals surface area contributed by atoms with Gasteiger partial charge in [-0.1, -0.05) is 60.7 Å². The first kappa shape index (κ1) is 21.2. The van der Waals surface area contributed by atoms with Gasteiger partial charge in [0, 0.05) is 29.7 Å². The maximum atomic E-state index is 13.2. The normalized spacial score (nSPS) is 19.5. The molecule has 0 bridgehead atoms. The van der Waals surface area contributed by atoms with Crippen LogP contribution in [0.4, 0.5) is 10.1 Å². The molecule has 1 amide bonds. The Hall–Kier alpha value is -3.02. The molecule has 1 saturated heterocycles. The molecule has 1 aliphatic heterocycles. The van der Waals surface area contributed by atoms with Crippen LogP contribution >= 0.6 is 0 Å². The van der Waals surface area contributed by atoms with Crippen molar-refractivity contribution >= 4 is 11.6 Å². The molecule has 0 unspecified atom stereocenters. The Bertz CT molecular complexity index is 955. The highest BCUT2D eigenvalue weighted by molar-refractivity contribution is 5.94. The van der Waals surface area contributed by atoms with Crippen LogP contribution in [0.25, 0.3) is 0 Å². The van der Waals surface area contributed by atoms with E-state index in [4.69, 9.17) is 0 Å². The number of likely N-dealkylation sites (tertiary alicyclic amines) is 1. The quantitative estimate of drug-likeness (QED) is 0.541. The van der Waals surface area contributed by atoms with Gasteiger partial charge in [-0.25, -0.2) is 4.39 Å². The summed E-state index contributed by atoms with van der Waals surface area (Å²) >= 11 is 0. The van der Waals surface area contributed by atoms with E-state index in [9.17, 15) is 9.18 Å². The smallest absolute Gasteiger partial charge is 0.287 e. The van der Waals surface area contributed by atoms with Crippen molar-refractivity contribution in [3.05, 3.63) is 102 Å². The van der Waals surface area contributed by atoms with Crippen molar-refractivity contribution in [2.45, 2.75) is 31.5 Å². The van der Waals surface area contributed by atoms with Gasteiger partial charge in [0.2, 0.25) is 0 Å². The molecule has 0 radical (unpaired) electrons. The van der Waals surface area contributed by atoms with Gasteiger partial charge in [-0.05, 0) is 24.3 Å². The average Bonchev–Trinajstić information content (AvgIpc) is 2.81. The predicted octanol–water partition coefficient (Wildman–Crippen LogP) is 2.32. The van der Waals surface area contributed by atoms with Crippen LogP contribution in [-0.2, 0) is 11.3 Å². The van der Waals surface area contributed by atoms with Gasteiger partial charge in [0.25, 0.3) is 5.91 Å². The number of carbonyl (C=O) groups is 1. The number of rotatable bonds is 7. The second-order valence-corrected chi connectivity index (χ2v) is 8.33. The summed E-state index contributed by atoms with van der Waals surface area (Å²) in [5, 5.41) is 5.17. The number of hydrogen-bond acceptors (Lipinski definition) is 1. The Morgan fingerprint density at radius 1 is 0.935 bits per heavy atom. The minimum absolute atomic E-state index is 0.0723. The van der Waals surface area contributed by atoms with E-state index in [2.05, 4.69) is 41.0 Å². The minimum atomic E-state index is -0.327. The zero-order valence-electron chi connectivity index (χ0n) is 17.6. The molecule has 4 nitrogen and oxygen atoms in total. The molecule has 3 aromatic carbocycles. The number of halogens is 1. The Morgan fingerprint density at radius 3 is 2.19 bits per heavy atom. The maximum absolute atomic E-state index is 13.2. The van der Waals surface area contributed by atoms with Gasteiger partial charge in [0.05, 0.1) is 19.1 Å². The summed E-state index contributed by atoms with van der Waals surface area (Å²) in [6, 6.07) is 26.5. The lowest BCUT2D eigenvalue weighted by molar-refractivity contribution is -0.926. The van der Waals surface area contributed by atoms with Crippen LogP contribution in [0.5, 0.6) is 0 Å². The molecule has 0 saturated carbocycles. The van der Waals surface area contributed by atoms with Crippen molar-refractivity contribution in [1.29, 1.82) is 0 Å². The number of anilines is 1. The van der Waals surface area contributed by atoms with Crippen LogP contribution in [0, 0.1) is 5.82 Å². The third-order valence-electron chi connectivity index (χ3n) is 6.05. The second-order valence-electron chi connectivity index (χ2n) is 8.33. The number of carbonyl (C=O) groups excluding carboxylic acids is 1. The van der Waals surface area contributed by atoms with Crippen molar-refractivity contribution in [1.82, 2.24) is 0 Å². The molecule has 1 atom stereocenters. The van der Waals surface area contributed by atoms with Gasteiger partial charge in [-0.3, -0.25) is 4.79 Å². The fourth-order valence-electron chi connectivity index (χ4n) is 4.34. The molecule has 1 heterocycles. The van der Waals surface area contributed by atoms with Crippen LogP contribution in [0.2, 0.25) is 0 Å². The third kappa shape index (κ3) is 6.00. The fourth-order valence-corrected chi connectivity index (χ4v) is 4.34. The summed E-state index contributed by atoms with van der Waals surface area (Å²) in [6.45, 7) is 3.27. The number of quaternary nitrogens is 2. The molecule has 1 fully saturated rings. The molecule has 4 rings (SSSR count). The first-order chi connectivity index (χ1) is 15.2. The van der Waals surface area contributed by atoms with E-state index in [1.54, 1.807) is 17.0 Å². The van der Waals surface area contributed by atoms with Crippen LogP contribution in [0.1, 0.15) is 30.0 Å². The van der Waals surface area contributed by atoms with Gasteiger partial charge in [0.1, 0.15) is 12.4 Å². The van der Waals surface area contributed by atoms with Gasteiger partial charge < -0.3 is 15.5 Å². The molecule has 31 heavy (non-hydrogen) atoms. The third-order valence-corrected chi connectivity index (χ3v) is 6.05. The molecule has 160 valence electrons. The second kappa shape index (κ2) is 10.3. The van der Waals surface area contributed by atoms with E-state index in [0.29, 0.717) is 11.7 Å². The molecule has 1 aliphatic rings. The van der Waals surface area contributed by atoms with Crippen molar-refractivity contribution in [3.63, 3.8) is 0 Å². The van der Waals surface area contributed by atoms with E-state index in [1.807, 2.05) is 30.3 Å². The molecular formula is C26H30FN3O+2. The predicted molar refractivity (Wildman–Crippen MR) is 120 cm³/mol. The van der Waals surface area contributed by atoms with Gasteiger partial charge in [-0.15, -0.1) is 0 Å². The minimum Gasteiger partial charge on any atom is -0.331 e. The van der Waals surface area contributed by atoms with Crippen LogP contribution < -0.4 is 15.5 Å². The molecule has 0 aromatic heterocycles. The molecule has 5 heteroatoms. The summed E-state index contributed by atoms with van der Waals surface area (Å²) in [7, 11) is 0. The van der Waals surface area contributed by atoms with Gasteiger partial charge >= 0.3 is 0 Å². The van der Waals surface area contributed by atoms with Crippen LogP contribution in [-0.4, -0.2) is 25.0 Å². The highest BCUT2D eigenvalue weighted by Gasteiger charge is 2.31. The lowest BCUT2D eigenvalue weighted by atomic mass is 9.99. The Balaban J connectivity index is 1.38. The largest absolute Gasteiger partial charge is 0.331 e. The highest BCUT2D eigenvalue weighted by atomic mass is 19.1. The lowest BCUT2D eigenvalue weighted by Gasteiger charge is -2.30. The van der Waals surface area contributed by atoms with Crippen molar-refractivity contribution in [2.75, 3.05) is 18.4 Å². The van der Waals surface area contributed by atoms with E-state index < -0.39 is 0 Å². The number of nitrogens with two attached hydrogens (primary N) is 1. The number of nitrogens with one attached hydrogen (secondary N) is 2.